The lowest BCUT2D eigenvalue weighted by atomic mass is 9.92. The molecule has 5 heteroatoms. The highest BCUT2D eigenvalue weighted by molar-refractivity contribution is 7.13. The van der Waals surface area contributed by atoms with Crippen LogP contribution in [0, 0.1) is 5.41 Å². The second-order valence-corrected chi connectivity index (χ2v) is 5.58. The van der Waals surface area contributed by atoms with Crippen LogP contribution in [0.4, 0.5) is 5.13 Å². The largest absolute Gasteiger partial charge is 0.375 e. The van der Waals surface area contributed by atoms with Crippen molar-refractivity contribution in [2.75, 3.05) is 5.73 Å². The van der Waals surface area contributed by atoms with Gasteiger partial charge in [0.1, 0.15) is 0 Å². The molecule has 1 heterocycles. The van der Waals surface area contributed by atoms with Crippen LogP contribution in [0.2, 0.25) is 0 Å². The summed E-state index contributed by atoms with van der Waals surface area (Å²) >= 11 is 1.38. The quantitative estimate of drug-likeness (QED) is 0.827. The van der Waals surface area contributed by atoms with Crippen molar-refractivity contribution in [2.45, 2.75) is 33.7 Å². The molecule has 0 saturated heterocycles. The number of aromatic nitrogens is 1. The third kappa shape index (κ3) is 4.78. The highest BCUT2D eigenvalue weighted by atomic mass is 32.1. The van der Waals surface area contributed by atoms with Gasteiger partial charge in [-0.2, -0.15) is 0 Å². The number of nitrogen functional groups attached to an aromatic ring is 1. The highest BCUT2D eigenvalue weighted by Gasteiger charge is 2.15. The third-order valence-corrected chi connectivity index (χ3v) is 2.45. The van der Waals surface area contributed by atoms with E-state index < -0.39 is 0 Å². The van der Waals surface area contributed by atoms with Gasteiger partial charge in [-0.3, -0.25) is 4.79 Å². The Hall–Kier alpha value is -1.10. The molecule has 84 valence electrons. The van der Waals surface area contributed by atoms with E-state index >= 15 is 0 Å². The fraction of sp³-hybridized carbons (Fsp3) is 0.600. The van der Waals surface area contributed by atoms with Crippen LogP contribution in [0.5, 0.6) is 0 Å². The highest BCUT2D eigenvalue weighted by Crippen LogP contribution is 2.18. The lowest BCUT2D eigenvalue weighted by Crippen LogP contribution is -2.27. The van der Waals surface area contributed by atoms with E-state index in [1.165, 1.54) is 11.3 Å². The van der Waals surface area contributed by atoms with Gasteiger partial charge in [0.2, 0.25) is 5.91 Å². The van der Waals surface area contributed by atoms with Gasteiger partial charge >= 0.3 is 0 Å². The van der Waals surface area contributed by atoms with E-state index in [1.807, 2.05) is 26.2 Å². The second kappa shape index (κ2) is 4.61. The number of hydrogen-bond donors (Lipinski definition) is 2. The number of rotatable bonds is 3. The summed E-state index contributed by atoms with van der Waals surface area (Å²) in [6, 6.07) is 0. The van der Waals surface area contributed by atoms with Crippen LogP contribution >= 0.6 is 11.3 Å². The van der Waals surface area contributed by atoms with E-state index in [0.717, 1.165) is 5.69 Å². The number of anilines is 1. The topological polar surface area (TPSA) is 68.0 Å². The number of carbonyl (C=O) groups excluding carboxylic acids is 1. The first-order valence-electron chi connectivity index (χ1n) is 4.83. The van der Waals surface area contributed by atoms with Gasteiger partial charge in [0.15, 0.2) is 5.13 Å². The summed E-state index contributed by atoms with van der Waals surface area (Å²) in [7, 11) is 0. The molecule has 0 bridgehead atoms. The molecule has 1 aromatic heterocycles. The zero-order chi connectivity index (χ0) is 11.5. The first-order valence-corrected chi connectivity index (χ1v) is 5.71. The minimum absolute atomic E-state index is 0.0190. The van der Waals surface area contributed by atoms with E-state index in [-0.39, 0.29) is 11.3 Å². The molecule has 0 aliphatic carbocycles. The van der Waals surface area contributed by atoms with Gasteiger partial charge in [0.25, 0.3) is 0 Å². The fourth-order valence-electron chi connectivity index (χ4n) is 1.14. The minimum Gasteiger partial charge on any atom is -0.375 e. The molecule has 0 aliphatic rings. The molecule has 1 rings (SSSR count). The molecule has 0 fully saturated rings. The summed E-state index contributed by atoms with van der Waals surface area (Å²) in [6.07, 6.45) is 0.520. The molecule has 3 N–H and O–H groups in total. The summed E-state index contributed by atoms with van der Waals surface area (Å²) < 4.78 is 0. The first-order chi connectivity index (χ1) is 6.87. The van der Waals surface area contributed by atoms with Crippen LogP contribution in [0.3, 0.4) is 0 Å². The Kier molecular flexibility index (Phi) is 3.68. The Balaban J connectivity index is 2.35. The van der Waals surface area contributed by atoms with Crippen LogP contribution in [-0.4, -0.2) is 10.9 Å². The number of nitrogens with zero attached hydrogens (tertiary/aromatic N) is 1. The smallest absolute Gasteiger partial charge is 0.220 e. The molecule has 1 amide bonds. The molecule has 0 aliphatic heterocycles. The molecule has 15 heavy (non-hydrogen) atoms. The maximum absolute atomic E-state index is 11.5. The molecule has 0 atom stereocenters. The summed E-state index contributed by atoms with van der Waals surface area (Å²) in [4.78, 5) is 15.5. The van der Waals surface area contributed by atoms with E-state index in [4.69, 9.17) is 5.73 Å². The maximum atomic E-state index is 11.5. The second-order valence-electron chi connectivity index (χ2n) is 4.69. The number of carbonyl (C=O) groups is 1. The molecular weight excluding hydrogens is 210 g/mol. The third-order valence-electron chi connectivity index (χ3n) is 1.73. The molecule has 0 saturated carbocycles. The standard InChI is InChI=1S/C10H17N3OS/c1-10(2,3)4-8(14)12-5-7-6-15-9(11)13-7/h6H,4-5H2,1-3H3,(H2,11,13)(H,12,14). The van der Waals surface area contributed by atoms with Crippen molar-refractivity contribution in [3.05, 3.63) is 11.1 Å². The van der Waals surface area contributed by atoms with Crippen molar-refractivity contribution in [3.8, 4) is 0 Å². The predicted molar refractivity (Wildman–Crippen MR) is 62.4 cm³/mol. The van der Waals surface area contributed by atoms with Gasteiger partial charge in [-0.1, -0.05) is 20.8 Å². The van der Waals surface area contributed by atoms with Crippen molar-refractivity contribution in [3.63, 3.8) is 0 Å². The Labute approximate surface area is 93.9 Å². The molecule has 1 aromatic rings. The fourth-order valence-corrected chi connectivity index (χ4v) is 1.70. The average molecular weight is 227 g/mol. The Morgan fingerprint density at radius 2 is 2.27 bits per heavy atom. The molecule has 0 unspecified atom stereocenters. The number of nitrogens with two attached hydrogens (primary N) is 1. The lowest BCUT2D eigenvalue weighted by molar-refractivity contribution is -0.122. The zero-order valence-electron chi connectivity index (χ0n) is 9.33. The molecule has 0 radical (unpaired) electrons. The van der Waals surface area contributed by atoms with E-state index in [1.54, 1.807) is 0 Å². The number of hydrogen-bond acceptors (Lipinski definition) is 4. The van der Waals surface area contributed by atoms with Crippen molar-refractivity contribution in [1.82, 2.24) is 10.3 Å². The van der Waals surface area contributed by atoms with Crippen molar-refractivity contribution in [1.29, 1.82) is 0 Å². The molecule has 4 nitrogen and oxygen atoms in total. The van der Waals surface area contributed by atoms with Crippen LogP contribution in [0.1, 0.15) is 32.9 Å². The monoisotopic (exact) mass is 227 g/mol. The Morgan fingerprint density at radius 1 is 1.60 bits per heavy atom. The first kappa shape index (κ1) is 12.0. The predicted octanol–water partition coefficient (Wildman–Crippen LogP) is 1.78. The van der Waals surface area contributed by atoms with Gasteiger partial charge in [-0.05, 0) is 5.41 Å². The normalized spacial score (nSPS) is 11.4. The van der Waals surface area contributed by atoms with Crippen LogP contribution in [0.15, 0.2) is 5.38 Å². The van der Waals surface area contributed by atoms with E-state index in [9.17, 15) is 4.79 Å². The van der Waals surface area contributed by atoms with Crippen molar-refractivity contribution >= 4 is 22.4 Å². The van der Waals surface area contributed by atoms with Gasteiger partial charge in [-0.25, -0.2) is 4.98 Å². The summed E-state index contributed by atoms with van der Waals surface area (Å²) in [5.41, 5.74) is 6.32. The Bertz CT molecular complexity index is 341. The minimum atomic E-state index is 0.0190. The van der Waals surface area contributed by atoms with E-state index in [0.29, 0.717) is 18.1 Å². The Morgan fingerprint density at radius 3 is 2.73 bits per heavy atom. The van der Waals surface area contributed by atoms with Gasteiger partial charge in [-0.15, -0.1) is 11.3 Å². The van der Waals surface area contributed by atoms with Crippen molar-refractivity contribution in [2.24, 2.45) is 5.41 Å². The van der Waals surface area contributed by atoms with Crippen LogP contribution in [-0.2, 0) is 11.3 Å². The number of amides is 1. The summed E-state index contributed by atoms with van der Waals surface area (Å²) in [6.45, 7) is 6.57. The molecule has 0 spiro atoms. The van der Waals surface area contributed by atoms with E-state index in [2.05, 4.69) is 10.3 Å². The summed E-state index contributed by atoms with van der Waals surface area (Å²) in [5, 5.41) is 5.21. The maximum Gasteiger partial charge on any atom is 0.220 e. The van der Waals surface area contributed by atoms with Crippen LogP contribution < -0.4 is 11.1 Å². The van der Waals surface area contributed by atoms with Gasteiger partial charge in [0, 0.05) is 11.8 Å². The van der Waals surface area contributed by atoms with Gasteiger partial charge in [0.05, 0.1) is 12.2 Å². The lowest BCUT2D eigenvalue weighted by Gasteiger charge is -2.16. The average Bonchev–Trinajstić information content (AvgIpc) is 2.45. The molecular formula is C10H17N3OS. The van der Waals surface area contributed by atoms with Crippen molar-refractivity contribution < 1.29 is 4.79 Å². The summed E-state index contributed by atoms with van der Waals surface area (Å²) in [5.74, 6) is 0.0501. The van der Waals surface area contributed by atoms with Crippen LogP contribution in [0.25, 0.3) is 0 Å². The number of thiazole rings is 1. The zero-order valence-corrected chi connectivity index (χ0v) is 10.1. The number of nitrogens with one attached hydrogen (secondary N) is 1. The SMILES string of the molecule is CC(C)(C)CC(=O)NCc1csc(N)n1. The van der Waals surface area contributed by atoms with Gasteiger partial charge < -0.3 is 11.1 Å². The molecule has 0 aromatic carbocycles.